The van der Waals surface area contributed by atoms with Gasteiger partial charge in [-0.3, -0.25) is 9.59 Å². The normalized spacial score (nSPS) is 20.2. The number of carbonyl (C=O) groups excluding carboxylic acids is 2. The monoisotopic (exact) mass is 340 g/mol. The Kier molecular flexibility index (Phi) is 4.61. The van der Waals surface area contributed by atoms with Gasteiger partial charge in [0.05, 0.1) is 23.3 Å². The maximum Gasteiger partial charge on any atom is 0.247 e. The number of carbonyl (C=O) groups is 2. The predicted molar refractivity (Wildman–Crippen MR) is 96.7 cm³/mol. The van der Waals surface area contributed by atoms with Gasteiger partial charge < -0.3 is 10.6 Å². The standard InChI is InChI=1S/C19H24N4O2/c1-11-5-6-13(3)17(8-11)23-14(4)16(10-20-23)22-19(25)15-7-12(2)9-18(24)21-15/h5-6,8,10,12,15H,7,9H2,1-4H3,(H,21,24)(H,22,25)/t12-,15-/m0/s1. The largest absolute Gasteiger partial charge is 0.344 e. The summed E-state index contributed by atoms with van der Waals surface area (Å²) >= 11 is 0. The summed E-state index contributed by atoms with van der Waals surface area (Å²) in [5.74, 6) is -0.0477. The van der Waals surface area contributed by atoms with Crippen LogP contribution in [0.1, 0.15) is 36.6 Å². The third kappa shape index (κ3) is 3.57. The number of hydrogen-bond acceptors (Lipinski definition) is 3. The summed E-state index contributed by atoms with van der Waals surface area (Å²) in [5, 5.41) is 10.1. The number of aryl methyl sites for hydroxylation is 2. The molecule has 1 aromatic carbocycles. The molecule has 0 radical (unpaired) electrons. The zero-order valence-electron chi connectivity index (χ0n) is 15.1. The topological polar surface area (TPSA) is 76.0 Å². The van der Waals surface area contributed by atoms with E-state index < -0.39 is 6.04 Å². The second-order valence-electron chi connectivity index (χ2n) is 7.00. The quantitative estimate of drug-likeness (QED) is 0.902. The van der Waals surface area contributed by atoms with E-state index in [9.17, 15) is 9.59 Å². The van der Waals surface area contributed by atoms with Crippen LogP contribution in [0.25, 0.3) is 5.69 Å². The molecule has 0 spiro atoms. The van der Waals surface area contributed by atoms with Crippen molar-refractivity contribution in [2.24, 2.45) is 5.92 Å². The van der Waals surface area contributed by atoms with Crippen LogP contribution in [0.4, 0.5) is 5.69 Å². The molecular formula is C19H24N4O2. The summed E-state index contributed by atoms with van der Waals surface area (Å²) in [6.45, 7) is 7.99. The number of hydrogen-bond donors (Lipinski definition) is 2. The van der Waals surface area contributed by atoms with Crippen LogP contribution in [0.5, 0.6) is 0 Å². The highest BCUT2D eigenvalue weighted by Gasteiger charge is 2.29. The summed E-state index contributed by atoms with van der Waals surface area (Å²) in [7, 11) is 0. The zero-order chi connectivity index (χ0) is 18.1. The van der Waals surface area contributed by atoms with E-state index in [0.717, 1.165) is 22.5 Å². The third-order valence-corrected chi connectivity index (χ3v) is 4.68. The van der Waals surface area contributed by atoms with Crippen LogP contribution in [0.2, 0.25) is 0 Å². The van der Waals surface area contributed by atoms with Gasteiger partial charge in [-0.1, -0.05) is 19.1 Å². The molecule has 0 bridgehead atoms. The number of nitrogens with zero attached hydrogens (tertiary/aromatic N) is 2. The van der Waals surface area contributed by atoms with Crippen molar-refractivity contribution < 1.29 is 9.59 Å². The lowest BCUT2D eigenvalue weighted by atomic mass is 9.93. The zero-order valence-corrected chi connectivity index (χ0v) is 15.1. The van der Waals surface area contributed by atoms with Gasteiger partial charge in [-0.15, -0.1) is 0 Å². The van der Waals surface area contributed by atoms with Crippen molar-refractivity contribution >= 4 is 17.5 Å². The molecule has 3 rings (SSSR count). The minimum absolute atomic E-state index is 0.0679. The summed E-state index contributed by atoms with van der Waals surface area (Å²) in [5.41, 5.74) is 4.79. The van der Waals surface area contributed by atoms with Gasteiger partial charge in [0.25, 0.3) is 0 Å². The molecule has 2 amide bonds. The van der Waals surface area contributed by atoms with Crippen LogP contribution in [-0.2, 0) is 9.59 Å². The van der Waals surface area contributed by atoms with Crippen LogP contribution >= 0.6 is 0 Å². The third-order valence-electron chi connectivity index (χ3n) is 4.68. The Labute approximate surface area is 147 Å². The van der Waals surface area contributed by atoms with E-state index in [2.05, 4.69) is 33.9 Å². The van der Waals surface area contributed by atoms with Gasteiger partial charge in [0.1, 0.15) is 6.04 Å². The van der Waals surface area contributed by atoms with Gasteiger partial charge in [-0.25, -0.2) is 4.68 Å². The minimum atomic E-state index is -0.486. The molecular weight excluding hydrogens is 316 g/mol. The molecule has 1 aliphatic rings. The van der Waals surface area contributed by atoms with E-state index >= 15 is 0 Å². The highest BCUT2D eigenvalue weighted by Crippen LogP contribution is 2.23. The van der Waals surface area contributed by atoms with Crippen molar-refractivity contribution in [1.82, 2.24) is 15.1 Å². The molecule has 6 heteroatoms. The smallest absolute Gasteiger partial charge is 0.247 e. The van der Waals surface area contributed by atoms with Crippen molar-refractivity contribution in [3.8, 4) is 5.69 Å². The molecule has 0 unspecified atom stereocenters. The Bertz CT molecular complexity index is 825. The second kappa shape index (κ2) is 6.70. The van der Waals surface area contributed by atoms with Crippen molar-refractivity contribution in [3.63, 3.8) is 0 Å². The first-order chi connectivity index (χ1) is 11.8. The molecule has 132 valence electrons. The molecule has 2 N–H and O–H groups in total. The molecule has 25 heavy (non-hydrogen) atoms. The van der Waals surface area contributed by atoms with Crippen molar-refractivity contribution in [3.05, 3.63) is 41.2 Å². The summed E-state index contributed by atoms with van der Waals surface area (Å²) in [6.07, 6.45) is 2.79. The Balaban J connectivity index is 1.81. The Morgan fingerprint density at radius 2 is 2.08 bits per heavy atom. The molecule has 0 saturated carbocycles. The number of aromatic nitrogens is 2. The van der Waals surface area contributed by atoms with Crippen LogP contribution in [0.15, 0.2) is 24.4 Å². The maximum atomic E-state index is 12.5. The summed E-state index contributed by atoms with van der Waals surface area (Å²) in [6, 6.07) is 5.71. The van der Waals surface area contributed by atoms with Gasteiger partial charge in [0, 0.05) is 6.42 Å². The van der Waals surface area contributed by atoms with E-state index in [1.165, 1.54) is 0 Å². The fourth-order valence-electron chi connectivity index (χ4n) is 3.23. The predicted octanol–water partition coefficient (Wildman–Crippen LogP) is 2.65. The van der Waals surface area contributed by atoms with E-state index in [4.69, 9.17) is 0 Å². The van der Waals surface area contributed by atoms with E-state index in [1.807, 2.05) is 32.4 Å². The van der Waals surface area contributed by atoms with Crippen LogP contribution < -0.4 is 10.6 Å². The number of piperidine rings is 1. The lowest BCUT2D eigenvalue weighted by Crippen LogP contribution is -2.48. The second-order valence-corrected chi connectivity index (χ2v) is 7.00. The average Bonchev–Trinajstić information content (AvgIpc) is 2.89. The number of amides is 2. The first-order valence-corrected chi connectivity index (χ1v) is 8.57. The highest BCUT2D eigenvalue weighted by molar-refractivity contribution is 5.98. The van der Waals surface area contributed by atoms with E-state index in [1.54, 1.807) is 6.20 Å². The molecule has 1 aliphatic heterocycles. The Morgan fingerprint density at radius 1 is 1.32 bits per heavy atom. The molecule has 0 aliphatic carbocycles. The van der Waals surface area contributed by atoms with E-state index in [-0.39, 0.29) is 17.7 Å². The molecule has 6 nitrogen and oxygen atoms in total. The summed E-state index contributed by atoms with van der Waals surface area (Å²) < 4.78 is 1.83. The van der Waals surface area contributed by atoms with Crippen molar-refractivity contribution in [2.75, 3.05) is 5.32 Å². The van der Waals surface area contributed by atoms with Gasteiger partial charge in [-0.2, -0.15) is 5.10 Å². The highest BCUT2D eigenvalue weighted by atomic mass is 16.2. The number of rotatable bonds is 3. The average molecular weight is 340 g/mol. The van der Waals surface area contributed by atoms with Gasteiger partial charge in [-0.05, 0) is 50.3 Å². The van der Waals surface area contributed by atoms with Crippen LogP contribution in [0.3, 0.4) is 0 Å². The fraction of sp³-hybridized carbons (Fsp3) is 0.421. The maximum absolute atomic E-state index is 12.5. The van der Waals surface area contributed by atoms with E-state index in [0.29, 0.717) is 18.5 Å². The molecule has 1 saturated heterocycles. The van der Waals surface area contributed by atoms with Crippen molar-refractivity contribution in [2.45, 2.75) is 46.6 Å². The van der Waals surface area contributed by atoms with Gasteiger partial charge in [0.2, 0.25) is 11.8 Å². The van der Waals surface area contributed by atoms with Crippen LogP contribution in [0, 0.1) is 26.7 Å². The molecule has 1 aromatic heterocycles. The molecule has 1 fully saturated rings. The number of benzene rings is 1. The fourth-order valence-corrected chi connectivity index (χ4v) is 3.23. The first kappa shape index (κ1) is 17.2. The number of nitrogens with one attached hydrogen (secondary N) is 2. The molecule has 2 atom stereocenters. The van der Waals surface area contributed by atoms with Gasteiger partial charge in [0.15, 0.2) is 0 Å². The lowest BCUT2D eigenvalue weighted by Gasteiger charge is -2.26. The van der Waals surface area contributed by atoms with Crippen LogP contribution in [-0.4, -0.2) is 27.6 Å². The SMILES string of the molecule is Cc1ccc(C)c(-n2ncc(NC(=O)[C@@H]3C[C@H](C)CC(=O)N3)c2C)c1. The Hall–Kier alpha value is -2.63. The molecule has 2 aromatic rings. The minimum Gasteiger partial charge on any atom is -0.344 e. The lowest BCUT2D eigenvalue weighted by molar-refractivity contribution is -0.129. The summed E-state index contributed by atoms with van der Waals surface area (Å²) in [4.78, 5) is 24.2. The Morgan fingerprint density at radius 3 is 2.80 bits per heavy atom. The first-order valence-electron chi connectivity index (χ1n) is 8.57. The van der Waals surface area contributed by atoms with Crippen molar-refractivity contribution in [1.29, 1.82) is 0 Å². The van der Waals surface area contributed by atoms with Gasteiger partial charge >= 0.3 is 0 Å². The molecule has 2 heterocycles. The number of anilines is 1.